The van der Waals surface area contributed by atoms with Crippen LogP contribution in [0.1, 0.15) is 31.2 Å². The Kier molecular flexibility index (Phi) is 4.31. The van der Waals surface area contributed by atoms with Crippen LogP contribution in [-0.4, -0.2) is 17.4 Å². The Morgan fingerprint density at radius 1 is 1.50 bits per heavy atom. The number of carbonyl (C=O) groups excluding carboxylic acids is 1. The SMILES string of the molecule is Cc1ccnc(NC(=O)C2CCCCC2CN)c1. The number of nitrogens with zero attached hydrogens (tertiary/aromatic N) is 1. The van der Waals surface area contributed by atoms with Crippen molar-refractivity contribution in [2.45, 2.75) is 32.6 Å². The first-order chi connectivity index (χ1) is 8.70. The molecule has 1 aliphatic rings. The molecule has 2 atom stereocenters. The van der Waals surface area contributed by atoms with Gasteiger partial charge in [-0.15, -0.1) is 0 Å². The van der Waals surface area contributed by atoms with Crippen LogP contribution in [0.4, 0.5) is 5.82 Å². The number of amides is 1. The topological polar surface area (TPSA) is 68.0 Å². The lowest BCUT2D eigenvalue weighted by molar-refractivity contribution is -0.122. The summed E-state index contributed by atoms with van der Waals surface area (Å²) < 4.78 is 0. The van der Waals surface area contributed by atoms with Crippen LogP contribution in [0.5, 0.6) is 0 Å². The number of rotatable bonds is 3. The summed E-state index contributed by atoms with van der Waals surface area (Å²) in [5.41, 5.74) is 6.85. The van der Waals surface area contributed by atoms with Crippen molar-refractivity contribution in [2.24, 2.45) is 17.6 Å². The van der Waals surface area contributed by atoms with Gasteiger partial charge in [-0.1, -0.05) is 12.8 Å². The predicted octanol–water partition coefficient (Wildman–Crippen LogP) is 2.09. The molecule has 2 unspecified atom stereocenters. The molecule has 0 saturated heterocycles. The Balaban J connectivity index is 2.02. The normalized spacial score (nSPS) is 23.7. The van der Waals surface area contributed by atoms with E-state index in [9.17, 15) is 4.79 Å². The maximum absolute atomic E-state index is 12.2. The number of hydrogen-bond donors (Lipinski definition) is 2. The standard InChI is InChI=1S/C14H21N3O/c1-10-6-7-16-13(8-10)17-14(18)12-5-3-2-4-11(12)9-15/h6-8,11-12H,2-5,9,15H2,1H3,(H,16,17,18). The number of carbonyl (C=O) groups is 1. The largest absolute Gasteiger partial charge is 0.330 e. The molecule has 98 valence electrons. The zero-order valence-corrected chi connectivity index (χ0v) is 10.9. The number of hydrogen-bond acceptors (Lipinski definition) is 3. The molecule has 1 aromatic heterocycles. The zero-order chi connectivity index (χ0) is 13.0. The molecule has 3 N–H and O–H groups in total. The molecular formula is C14H21N3O. The Morgan fingerprint density at radius 2 is 2.28 bits per heavy atom. The molecule has 1 fully saturated rings. The Morgan fingerprint density at radius 3 is 3.00 bits per heavy atom. The fourth-order valence-corrected chi connectivity index (χ4v) is 2.66. The van der Waals surface area contributed by atoms with Crippen molar-refractivity contribution in [1.82, 2.24) is 4.98 Å². The van der Waals surface area contributed by atoms with Crippen molar-refractivity contribution < 1.29 is 4.79 Å². The summed E-state index contributed by atoms with van der Waals surface area (Å²) >= 11 is 0. The van der Waals surface area contributed by atoms with E-state index in [1.807, 2.05) is 19.1 Å². The van der Waals surface area contributed by atoms with Gasteiger partial charge in [0.25, 0.3) is 0 Å². The van der Waals surface area contributed by atoms with E-state index >= 15 is 0 Å². The molecule has 1 aromatic rings. The van der Waals surface area contributed by atoms with E-state index in [0.29, 0.717) is 18.3 Å². The summed E-state index contributed by atoms with van der Waals surface area (Å²) in [6.07, 6.45) is 6.03. The lowest BCUT2D eigenvalue weighted by Gasteiger charge is -2.29. The minimum atomic E-state index is 0.0473. The molecule has 0 spiro atoms. The molecule has 4 heteroatoms. The number of aryl methyl sites for hydroxylation is 1. The van der Waals surface area contributed by atoms with Gasteiger partial charge >= 0.3 is 0 Å². The lowest BCUT2D eigenvalue weighted by Crippen LogP contribution is -2.35. The molecule has 4 nitrogen and oxygen atoms in total. The minimum absolute atomic E-state index is 0.0473. The van der Waals surface area contributed by atoms with E-state index < -0.39 is 0 Å². The van der Waals surface area contributed by atoms with Crippen LogP contribution in [-0.2, 0) is 4.79 Å². The minimum Gasteiger partial charge on any atom is -0.330 e. The van der Waals surface area contributed by atoms with Gasteiger partial charge in [0.05, 0.1) is 0 Å². The first-order valence-corrected chi connectivity index (χ1v) is 6.64. The number of pyridine rings is 1. The van der Waals surface area contributed by atoms with Crippen molar-refractivity contribution in [2.75, 3.05) is 11.9 Å². The van der Waals surface area contributed by atoms with Crippen molar-refractivity contribution in [1.29, 1.82) is 0 Å². The lowest BCUT2D eigenvalue weighted by atomic mass is 9.79. The highest BCUT2D eigenvalue weighted by atomic mass is 16.1. The molecule has 1 heterocycles. The molecule has 2 rings (SSSR count). The summed E-state index contributed by atoms with van der Waals surface area (Å²) in [5, 5.41) is 2.91. The van der Waals surface area contributed by atoms with E-state index in [2.05, 4.69) is 10.3 Å². The van der Waals surface area contributed by atoms with Gasteiger partial charge in [-0.3, -0.25) is 4.79 Å². The summed E-state index contributed by atoms with van der Waals surface area (Å²) in [5.74, 6) is 1.08. The summed E-state index contributed by atoms with van der Waals surface area (Å²) in [6, 6.07) is 3.80. The van der Waals surface area contributed by atoms with Crippen LogP contribution in [0.15, 0.2) is 18.3 Å². The van der Waals surface area contributed by atoms with Gasteiger partial charge in [0, 0.05) is 12.1 Å². The van der Waals surface area contributed by atoms with Crippen LogP contribution in [0.3, 0.4) is 0 Å². The van der Waals surface area contributed by atoms with Crippen molar-refractivity contribution >= 4 is 11.7 Å². The van der Waals surface area contributed by atoms with Gasteiger partial charge in [-0.2, -0.15) is 0 Å². The highest BCUT2D eigenvalue weighted by Gasteiger charge is 2.29. The predicted molar refractivity (Wildman–Crippen MR) is 72.1 cm³/mol. The van der Waals surface area contributed by atoms with E-state index in [1.165, 1.54) is 6.42 Å². The summed E-state index contributed by atoms with van der Waals surface area (Å²) in [7, 11) is 0. The molecule has 0 bridgehead atoms. The average molecular weight is 247 g/mol. The van der Waals surface area contributed by atoms with Crippen LogP contribution in [0, 0.1) is 18.8 Å². The van der Waals surface area contributed by atoms with Gasteiger partial charge in [0.2, 0.25) is 5.91 Å². The molecular weight excluding hydrogens is 226 g/mol. The number of nitrogens with two attached hydrogens (primary N) is 1. The summed E-state index contributed by atoms with van der Waals surface area (Å²) in [6.45, 7) is 2.58. The highest BCUT2D eigenvalue weighted by Crippen LogP contribution is 2.30. The number of nitrogens with one attached hydrogen (secondary N) is 1. The molecule has 1 amide bonds. The molecule has 1 aliphatic carbocycles. The molecule has 0 aliphatic heterocycles. The Bertz CT molecular complexity index is 419. The van der Waals surface area contributed by atoms with Gasteiger partial charge < -0.3 is 11.1 Å². The highest BCUT2D eigenvalue weighted by molar-refractivity contribution is 5.92. The Hall–Kier alpha value is -1.42. The monoisotopic (exact) mass is 247 g/mol. The maximum Gasteiger partial charge on any atom is 0.228 e. The second kappa shape index (κ2) is 5.96. The number of aromatic nitrogens is 1. The molecule has 18 heavy (non-hydrogen) atoms. The van der Waals surface area contributed by atoms with Gasteiger partial charge in [0.15, 0.2) is 0 Å². The zero-order valence-electron chi connectivity index (χ0n) is 10.9. The second-order valence-corrected chi connectivity index (χ2v) is 5.09. The first-order valence-electron chi connectivity index (χ1n) is 6.64. The first kappa shape index (κ1) is 13.0. The molecule has 0 aromatic carbocycles. The van der Waals surface area contributed by atoms with Gasteiger partial charge in [-0.25, -0.2) is 4.98 Å². The molecule has 1 saturated carbocycles. The van der Waals surface area contributed by atoms with E-state index in [1.54, 1.807) is 6.20 Å². The smallest absolute Gasteiger partial charge is 0.228 e. The summed E-state index contributed by atoms with van der Waals surface area (Å²) in [4.78, 5) is 16.4. The number of anilines is 1. The third-order valence-electron chi connectivity index (χ3n) is 3.72. The maximum atomic E-state index is 12.2. The van der Waals surface area contributed by atoms with Crippen LogP contribution < -0.4 is 11.1 Å². The third-order valence-corrected chi connectivity index (χ3v) is 3.72. The van der Waals surface area contributed by atoms with Gasteiger partial charge in [-0.05, 0) is 49.9 Å². The second-order valence-electron chi connectivity index (χ2n) is 5.09. The average Bonchev–Trinajstić information content (AvgIpc) is 2.38. The fourth-order valence-electron chi connectivity index (χ4n) is 2.66. The van der Waals surface area contributed by atoms with Crippen molar-refractivity contribution in [3.63, 3.8) is 0 Å². The third kappa shape index (κ3) is 3.07. The van der Waals surface area contributed by atoms with Crippen LogP contribution in [0.25, 0.3) is 0 Å². The quantitative estimate of drug-likeness (QED) is 0.859. The van der Waals surface area contributed by atoms with E-state index in [4.69, 9.17) is 5.73 Å². The Labute approximate surface area is 108 Å². The van der Waals surface area contributed by atoms with Crippen LogP contribution >= 0.6 is 0 Å². The van der Waals surface area contributed by atoms with E-state index in [-0.39, 0.29) is 11.8 Å². The van der Waals surface area contributed by atoms with Crippen molar-refractivity contribution in [3.8, 4) is 0 Å². The fraction of sp³-hybridized carbons (Fsp3) is 0.571. The van der Waals surface area contributed by atoms with Gasteiger partial charge in [0.1, 0.15) is 5.82 Å². The van der Waals surface area contributed by atoms with Crippen molar-refractivity contribution in [3.05, 3.63) is 23.9 Å². The van der Waals surface area contributed by atoms with E-state index in [0.717, 1.165) is 24.8 Å². The van der Waals surface area contributed by atoms with Crippen LogP contribution in [0.2, 0.25) is 0 Å². The molecule has 0 radical (unpaired) electrons.